The molecule has 0 radical (unpaired) electrons. The first kappa shape index (κ1) is 17.0. The molecule has 1 aromatic rings. The normalized spacial score (nSPS) is 13.4. The van der Waals surface area contributed by atoms with Crippen LogP contribution in [0.5, 0.6) is 0 Å². The minimum absolute atomic E-state index is 0.164. The third-order valence-corrected chi connectivity index (χ3v) is 3.57. The molecule has 23 heavy (non-hydrogen) atoms. The molecule has 0 aromatic heterocycles. The van der Waals surface area contributed by atoms with Crippen molar-refractivity contribution in [3.8, 4) is 0 Å². The second-order valence-electron chi connectivity index (χ2n) is 5.65. The second kappa shape index (κ2) is 7.73. The van der Waals surface area contributed by atoms with Crippen molar-refractivity contribution in [3.63, 3.8) is 0 Å². The van der Waals surface area contributed by atoms with E-state index in [9.17, 15) is 14.4 Å². The van der Waals surface area contributed by atoms with Gasteiger partial charge in [-0.25, -0.2) is 4.79 Å². The molecule has 1 aromatic carbocycles. The van der Waals surface area contributed by atoms with Gasteiger partial charge in [0.1, 0.15) is 0 Å². The molecule has 0 fully saturated rings. The molecule has 0 atom stereocenters. The summed E-state index contributed by atoms with van der Waals surface area (Å²) in [4.78, 5) is 39.1. The lowest BCUT2D eigenvalue weighted by Crippen LogP contribution is -2.42. The van der Waals surface area contributed by atoms with Gasteiger partial charge in [-0.3, -0.25) is 14.5 Å². The van der Waals surface area contributed by atoms with Crippen LogP contribution < -0.4 is 10.6 Å². The number of benzene rings is 1. The van der Waals surface area contributed by atoms with E-state index in [0.29, 0.717) is 17.7 Å². The van der Waals surface area contributed by atoms with E-state index in [2.05, 4.69) is 10.6 Å². The van der Waals surface area contributed by atoms with Crippen LogP contribution in [-0.4, -0.2) is 67.9 Å². The Labute approximate surface area is 135 Å². The molecule has 0 spiro atoms. The van der Waals surface area contributed by atoms with Crippen LogP contribution in [0.25, 0.3) is 0 Å². The second-order valence-corrected chi connectivity index (χ2v) is 5.65. The summed E-state index contributed by atoms with van der Waals surface area (Å²) in [6, 6.07) is 6.45. The number of urea groups is 1. The molecule has 0 aliphatic carbocycles. The van der Waals surface area contributed by atoms with Crippen LogP contribution in [0.4, 0.5) is 4.79 Å². The Bertz CT molecular complexity index is 566. The van der Waals surface area contributed by atoms with Crippen molar-refractivity contribution in [2.75, 3.05) is 40.3 Å². The zero-order valence-corrected chi connectivity index (χ0v) is 13.5. The number of carbonyl (C=O) groups is 3. The first-order chi connectivity index (χ1) is 11.0. The van der Waals surface area contributed by atoms with Gasteiger partial charge in [-0.15, -0.1) is 0 Å². The summed E-state index contributed by atoms with van der Waals surface area (Å²) in [6.07, 6.45) is 0.860. The van der Waals surface area contributed by atoms with E-state index in [1.807, 2.05) is 19.0 Å². The minimum Gasteiger partial charge on any atom is -0.338 e. The predicted octanol–water partition coefficient (Wildman–Crippen LogP) is 0.534. The zero-order valence-electron chi connectivity index (χ0n) is 13.5. The van der Waals surface area contributed by atoms with Gasteiger partial charge in [0.2, 0.25) is 0 Å². The Balaban J connectivity index is 1.72. The van der Waals surface area contributed by atoms with Gasteiger partial charge in [-0.05, 0) is 39.2 Å². The van der Waals surface area contributed by atoms with Crippen LogP contribution in [0.15, 0.2) is 24.3 Å². The number of nitrogens with one attached hydrogen (secondary N) is 2. The van der Waals surface area contributed by atoms with Gasteiger partial charge in [0.05, 0.1) is 11.1 Å². The average Bonchev–Trinajstić information content (AvgIpc) is 2.77. The third kappa shape index (κ3) is 4.29. The highest BCUT2D eigenvalue weighted by molar-refractivity contribution is 6.21. The maximum absolute atomic E-state index is 12.1. The lowest BCUT2D eigenvalue weighted by Gasteiger charge is -2.15. The molecule has 2 rings (SSSR count). The topological polar surface area (TPSA) is 81.8 Å². The highest BCUT2D eigenvalue weighted by atomic mass is 16.2. The summed E-state index contributed by atoms with van der Waals surface area (Å²) in [5.74, 6) is -0.613. The van der Waals surface area contributed by atoms with Crippen LogP contribution in [-0.2, 0) is 0 Å². The molecule has 1 aliphatic rings. The van der Waals surface area contributed by atoms with E-state index in [1.165, 1.54) is 0 Å². The first-order valence-electron chi connectivity index (χ1n) is 7.62. The van der Waals surface area contributed by atoms with Gasteiger partial charge in [0.25, 0.3) is 11.8 Å². The van der Waals surface area contributed by atoms with Gasteiger partial charge in [-0.2, -0.15) is 0 Å². The van der Waals surface area contributed by atoms with E-state index >= 15 is 0 Å². The third-order valence-electron chi connectivity index (χ3n) is 3.57. The van der Waals surface area contributed by atoms with Crippen molar-refractivity contribution in [2.45, 2.75) is 6.42 Å². The van der Waals surface area contributed by atoms with Crippen LogP contribution in [0.1, 0.15) is 27.1 Å². The first-order valence-corrected chi connectivity index (χ1v) is 7.62. The molecule has 7 heteroatoms. The number of hydrogen-bond donors (Lipinski definition) is 2. The number of fused-ring (bicyclic) bond motifs is 1. The van der Waals surface area contributed by atoms with E-state index in [4.69, 9.17) is 0 Å². The van der Waals surface area contributed by atoms with Gasteiger partial charge >= 0.3 is 6.03 Å². The lowest BCUT2D eigenvalue weighted by molar-refractivity contribution is 0.0656. The molecular weight excluding hydrogens is 296 g/mol. The number of rotatable bonds is 7. The quantitative estimate of drug-likeness (QED) is 0.568. The molecule has 1 aliphatic heterocycles. The van der Waals surface area contributed by atoms with Crippen LogP contribution in [0.2, 0.25) is 0 Å². The Morgan fingerprint density at radius 2 is 1.61 bits per heavy atom. The Hall–Kier alpha value is -2.41. The fraction of sp³-hybridized carbons (Fsp3) is 0.438. The smallest absolute Gasteiger partial charge is 0.314 e. The minimum atomic E-state index is -0.307. The van der Waals surface area contributed by atoms with Crippen molar-refractivity contribution in [1.82, 2.24) is 20.4 Å². The molecule has 1 heterocycles. The largest absolute Gasteiger partial charge is 0.338 e. The Kier molecular flexibility index (Phi) is 5.70. The summed E-state index contributed by atoms with van der Waals surface area (Å²) >= 11 is 0. The van der Waals surface area contributed by atoms with Crippen LogP contribution >= 0.6 is 0 Å². The van der Waals surface area contributed by atoms with Crippen molar-refractivity contribution in [1.29, 1.82) is 0 Å². The van der Waals surface area contributed by atoms with Crippen LogP contribution in [0, 0.1) is 0 Å². The standard InChI is InChI=1S/C16H22N4O3/c1-19(2)10-5-8-17-16(23)18-9-11-20-14(21)12-6-3-4-7-13(12)15(20)22/h3-4,6-7H,5,8-11H2,1-2H3,(H2,17,18,23). The number of carbonyl (C=O) groups excluding carboxylic acids is 3. The van der Waals surface area contributed by atoms with E-state index in [0.717, 1.165) is 17.9 Å². The fourth-order valence-electron chi connectivity index (χ4n) is 2.38. The monoisotopic (exact) mass is 318 g/mol. The summed E-state index contributed by atoms with van der Waals surface area (Å²) in [5, 5.41) is 5.39. The summed E-state index contributed by atoms with van der Waals surface area (Å²) < 4.78 is 0. The molecule has 7 nitrogen and oxygen atoms in total. The average molecular weight is 318 g/mol. The number of imide groups is 1. The fourth-order valence-corrected chi connectivity index (χ4v) is 2.38. The summed E-state index contributed by atoms with van der Waals surface area (Å²) in [7, 11) is 3.95. The highest BCUT2D eigenvalue weighted by Gasteiger charge is 2.34. The maximum Gasteiger partial charge on any atom is 0.314 e. The number of amides is 4. The Morgan fingerprint density at radius 1 is 1.04 bits per heavy atom. The summed E-state index contributed by atoms with van der Waals surface area (Å²) in [6.45, 7) is 1.87. The van der Waals surface area contributed by atoms with Crippen LogP contribution in [0.3, 0.4) is 0 Å². The number of nitrogens with zero attached hydrogens (tertiary/aromatic N) is 2. The zero-order chi connectivity index (χ0) is 16.8. The maximum atomic E-state index is 12.1. The SMILES string of the molecule is CN(C)CCCNC(=O)NCCN1C(=O)c2ccccc2C1=O. The lowest BCUT2D eigenvalue weighted by atomic mass is 10.1. The van der Waals surface area contributed by atoms with Crippen molar-refractivity contribution in [3.05, 3.63) is 35.4 Å². The van der Waals surface area contributed by atoms with Gasteiger partial charge < -0.3 is 15.5 Å². The molecule has 0 saturated heterocycles. The molecule has 124 valence electrons. The van der Waals surface area contributed by atoms with Crippen molar-refractivity contribution in [2.24, 2.45) is 0 Å². The van der Waals surface area contributed by atoms with E-state index in [1.54, 1.807) is 24.3 Å². The highest BCUT2D eigenvalue weighted by Crippen LogP contribution is 2.21. The molecule has 2 N–H and O–H groups in total. The summed E-state index contributed by atoms with van der Waals surface area (Å²) in [5.41, 5.74) is 0.844. The van der Waals surface area contributed by atoms with E-state index < -0.39 is 0 Å². The van der Waals surface area contributed by atoms with Gasteiger partial charge in [0, 0.05) is 19.6 Å². The Morgan fingerprint density at radius 3 is 2.17 bits per heavy atom. The molecule has 4 amide bonds. The predicted molar refractivity (Wildman–Crippen MR) is 86.4 cm³/mol. The van der Waals surface area contributed by atoms with Crippen molar-refractivity contribution >= 4 is 17.8 Å². The molecular formula is C16H22N4O3. The van der Waals surface area contributed by atoms with Gasteiger partial charge in [-0.1, -0.05) is 12.1 Å². The molecule has 0 bridgehead atoms. The van der Waals surface area contributed by atoms with Crippen molar-refractivity contribution < 1.29 is 14.4 Å². The molecule has 0 unspecified atom stereocenters. The number of hydrogen-bond acceptors (Lipinski definition) is 4. The van der Waals surface area contributed by atoms with Gasteiger partial charge in [0.15, 0.2) is 0 Å². The molecule has 0 saturated carbocycles. The van der Waals surface area contributed by atoms with E-state index in [-0.39, 0.29) is 30.9 Å².